The number of likely N-dealkylation sites (tertiary alicyclic amines) is 1. The van der Waals surface area contributed by atoms with Gasteiger partial charge in [-0.2, -0.15) is 0 Å². The molecule has 0 unspecified atom stereocenters. The zero-order chi connectivity index (χ0) is 28.8. The van der Waals surface area contributed by atoms with E-state index in [2.05, 4.69) is 26.4 Å². The molecule has 2 atom stereocenters. The van der Waals surface area contributed by atoms with Crippen molar-refractivity contribution in [3.8, 4) is 11.4 Å². The average Bonchev–Trinajstić information content (AvgIpc) is 3.66. The lowest BCUT2D eigenvalue weighted by atomic mass is 10.1. The van der Waals surface area contributed by atoms with Crippen LogP contribution in [0.2, 0.25) is 0 Å². The van der Waals surface area contributed by atoms with Crippen molar-refractivity contribution in [3.05, 3.63) is 53.5 Å². The molecule has 2 bridgehead atoms. The average molecular weight is 568 g/mol. The number of carbonyl (C=O) groups is 2. The molecule has 4 aromatic rings. The summed E-state index contributed by atoms with van der Waals surface area (Å²) in [5.74, 6) is 0.586. The maximum Gasteiger partial charge on any atom is 0.254 e. The Morgan fingerprint density at radius 2 is 1.81 bits per heavy atom. The number of fused-ring (bicyclic) bond motifs is 2. The number of nitrogens with one attached hydrogen (secondary N) is 1. The molecular formula is C33H41N7O2. The van der Waals surface area contributed by atoms with Gasteiger partial charge in [0.05, 0.1) is 23.1 Å². The number of aromatic nitrogens is 4. The zero-order valence-corrected chi connectivity index (χ0v) is 24.5. The van der Waals surface area contributed by atoms with Crippen molar-refractivity contribution in [2.75, 3.05) is 13.1 Å². The van der Waals surface area contributed by atoms with Crippen LogP contribution in [0.1, 0.15) is 105 Å². The van der Waals surface area contributed by atoms with Crippen molar-refractivity contribution < 1.29 is 9.59 Å². The molecule has 42 heavy (non-hydrogen) atoms. The minimum absolute atomic E-state index is 0.0328. The summed E-state index contributed by atoms with van der Waals surface area (Å²) in [6, 6.07) is 10.2. The molecule has 1 saturated carbocycles. The minimum atomic E-state index is -0.153. The summed E-state index contributed by atoms with van der Waals surface area (Å²) < 4.78 is 4.53. The maximum absolute atomic E-state index is 13.4. The van der Waals surface area contributed by atoms with E-state index in [4.69, 9.17) is 15.7 Å². The summed E-state index contributed by atoms with van der Waals surface area (Å²) in [4.78, 5) is 38.1. The first kappa shape index (κ1) is 27.1. The topological polar surface area (TPSA) is 111 Å². The van der Waals surface area contributed by atoms with Crippen LogP contribution in [0, 0.1) is 0 Å². The van der Waals surface area contributed by atoms with Gasteiger partial charge in [0.15, 0.2) is 0 Å². The van der Waals surface area contributed by atoms with Crippen LogP contribution in [0.4, 0.5) is 0 Å². The van der Waals surface area contributed by atoms with Crippen molar-refractivity contribution in [3.63, 3.8) is 0 Å². The van der Waals surface area contributed by atoms with Gasteiger partial charge >= 0.3 is 0 Å². The predicted octanol–water partition coefficient (Wildman–Crippen LogP) is 5.32. The lowest BCUT2D eigenvalue weighted by Crippen LogP contribution is -2.45. The number of imidazole rings is 1. The van der Waals surface area contributed by atoms with E-state index in [1.807, 2.05) is 36.2 Å². The standard InChI is InChI=1S/C33H41N7O2/c1-21-26-13-12-23-18-27(39(32(23)36-26)16-6-4-2-3-5-9-29(41)35-21)30-31(22-10-11-22)40-17-14-24(19-28(40)37-30)33(42)38-15-7-8-25(34)20-38/h12-14,17-19,21-22,25H,2-11,15-16,20,34H2,1H3,(H,35,41)/t21-,25-/m1/s1. The fraction of sp³-hybridized carbons (Fsp3) is 0.515. The molecule has 2 fully saturated rings. The Morgan fingerprint density at radius 1 is 0.976 bits per heavy atom. The van der Waals surface area contributed by atoms with E-state index in [9.17, 15) is 9.59 Å². The molecule has 7 rings (SSSR count). The third kappa shape index (κ3) is 5.19. The van der Waals surface area contributed by atoms with Gasteiger partial charge in [-0.25, -0.2) is 9.97 Å². The van der Waals surface area contributed by atoms with Gasteiger partial charge in [0.1, 0.15) is 17.0 Å². The molecule has 3 N–H and O–H groups in total. The second kappa shape index (κ2) is 11.2. The third-order valence-electron chi connectivity index (χ3n) is 9.23. The van der Waals surface area contributed by atoms with Gasteiger partial charge in [0, 0.05) is 55.2 Å². The van der Waals surface area contributed by atoms with Crippen LogP contribution >= 0.6 is 0 Å². The minimum Gasteiger partial charge on any atom is -0.348 e. The maximum atomic E-state index is 13.4. The zero-order valence-electron chi connectivity index (χ0n) is 24.5. The Kier molecular flexibility index (Phi) is 7.22. The van der Waals surface area contributed by atoms with Gasteiger partial charge in [-0.3, -0.25) is 9.59 Å². The van der Waals surface area contributed by atoms with Gasteiger partial charge in [-0.05, 0) is 75.8 Å². The van der Waals surface area contributed by atoms with Crippen LogP contribution < -0.4 is 11.1 Å². The van der Waals surface area contributed by atoms with E-state index in [0.29, 0.717) is 24.4 Å². The van der Waals surface area contributed by atoms with E-state index in [1.54, 1.807) is 0 Å². The molecule has 0 radical (unpaired) electrons. The highest BCUT2D eigenvalue weighted by molar-refractivity contribution is 5.95. The smallest absolute Gasteiger partial charge is 0.254 e. The monoisotopic (exact) mass is 567 g/mol. The molecule has 2 aliphatic heterocycles. The second-order valence-corrected chi connectivity index (χ2v) is 12.6. The molecule has 4 aromatic heterocycles. The van der Waals surface area contributed by atoms with Crippen LogP contribution in [-0.4, -0.2) is 54.8 Å². The van der Waals surface area contributed by atoms with Crippen LogP contribution in [0.25, 0.3) is 28.1 Å². The summed E-state index contributed by atoms with van der Waals surface area (Å²) in [5, 5.41) is 4.22. The highest BCUT2D eigenvalue weighted by atomic mass is 16.2. The van der Waals surface area contributed by atoms with Crippen molar-refractivity contribution in [1.82, 2.24) is 29.2 Å². The lowest BCUT2D eigenvalue weighted by molar-refractivity contribution is -0.121. The number of aryl methyl sites for hydroxylation is 1. The van der Waals surface area contributed by atoms with E-state index in [1.165, 1.54) is 5.69 Å². The van der Waals surface area contributed by atoms with Gasteiger partial charge in [-0.15, -0.1) is 0 Å². The largest absolute Gasteiger partial charge is 0.348 e. The first-order valence-electron chi connectivity index (χ1n) is 15.8. The first-order valence-corrected chi connectivity index (χ1v) is 15.8. The number of nitrogens with two attached hydrogens (primary N) is 1. The number of amides is 2. The van der Waals surface area contributed by atoms with Crippen molar-refractivity contribution >= 4 is 28.5 Å². The molecule has 2 amide bonds. The Hall–Kier alpha value is -3.72. The van der Waals surface area contributed by atoms with E-state index >= 15 is 0 Å². The molecular weight excluding hydrogens is 526 g/mol. The molecule has 9 heteroatoms. The number of hydrogen-bond acceptors (Lipinski definition) is 5. The SMILES string of the molecule is C[C@H]1NC(=O)CCCCCCCn2c(-c3nc4cc(C(=O)N5CCC[C@@H](N)C5)ccn4c3C3CC3)cc3ccc1nc32. The van der Waals surface area contributed by atoms with Gasteiger partial charge in [-0.1, -0.05) is 19.3 Å². The van der Waals surface area contributed by atoms with Crippen molar-refractivity contribution in [1.29, 1.82) is 0 Å². The fourth-order valence-electron chi connectivity index (χ4n) is 6.79. The molecule has 0 spiro atoms. The molecule has 9 nitrogen and oxygen atoms in total. The first-order chi connectivity index (χ1) is 20.5. The summed E-state index contributed by atoms with van der Waals surface area (Å²) >= 11 is 0. The van der Waals surface area contributed by atoms with Gasteiger partial charge in [0.2, 0.25) is 5.91 Å². The summed E-state index contributed by atoms with van der Waals surface area (Å²) in [6.45, 7) is 4.24. The molecule has 6 heterocycles. The normalized spacial score (nSPS) is 22.4. The lowest BCUT2D eigenvalue weighted by Gasteiger charge is -2.30. The summed E-state index contributed by atoms with van der Waals surface area (Å²) in [5.41, 5.74) is 12.8. The second-order valence-electron chi connectivity index (χ2n) is 12.6. The third-order valence-corrected chi connectivity index (χ3v) is 9.23. The van der Waals surface area contributed by atoms with Crippen LogP contribution in [0.5, 0.6) is 0 Å². The highest BCUT2D eigenvalue weighted by Crippen LogP contribution is 2.45. The number of rotatable bonds is 3. The quantitative estimate of drug-likeness (QED) is 0.348. The van der Waals surface area contributed by atoms with E-state index in [0.717, 1.165) is 105 Å². The number of hydrogen-bond donors (Lipinski definition) is 2. The number of nitrogens with zero attached hydrogens (tertiary/aromatic N) is 5. The Bertz CT molecular complexity index is 1650. The molecule has 0 aromatic carbocycles. The molecule has 3 aliphatic rings. The fourth-order valence-corrected chi connectivity index (χ4v) is 6.79. The summed E-state index contributed by atoms with van der Waals surface area (Å²) in [6.07, 6.45) is 12.1. The number of piperidine rings is 1. The summed E-state index contributed by atoms with van der Waals surface area (Å²) in [7, 11) is 0. The van der Waals surface area contributed by atoms with Crippen LogP contribution in [-0.2, 0) is 11.3 Å². The Balaban J connectivity index is 1.31. The predicted molar refractivity (Wildman–Crippen MR) is 163 cm³/mol. The van der Waals surface area contributed by atoms with Crippen LogP contribution in [0.3, 0.4) is 0 Å². The Morgan fingerprint density at radius 3 is 2.64 bits per heavy atom. The molecule has 1 aliphatic carbocycles. The number of pyridine rings is 2. The van der Waals surface area contributed by atoms with Crippen molar-refractivity contribution in [2.45, 2.75) is 95.7 Å². The van der Waals surface area contributed by atoms with Crippen LogP contribution in [0.15, 0.2) is 36.5 Å². The molecule has 220 valence electrons. The Labute approximate surface area is 246 Å². The molecule has 1 saturated heterocycles. The van der Waals surface area contributed by atoms with E-state index < -0.39 is 0 Å². The highest BCUT2D eigenvalue weighted by Gasteiger charge is 2.33. The van der Waals surface area contributed by atoms with Crippen molar-refractivity contribution in [2.24, 2.45) is 5.73 Å². The van der Waals surface area contributed by atoms with Gasteiger partial charge < -0.3 is 24.9 Å². The number of carbonyl (C=O) groups excluding carboxylic acids is 2. The van der Waals surface area contributed by atoms with E-state index in [-0.39, 0.29) is 23.9 Å². The van der Waals surface area contributed by atoms with Gasteiger partial charge in [0.25, 0.3) is 5.91 Å².